The lowest BCUT2D eigenvalue weighted by Crippen LogP contribution is -2.40. The van der Waals surface area contributed by atoms with E-state index in [9.17, 15) is 0 Å². The van der Waals surface area contributed by atoms with E-state index >= 15 is 0 Å². The maximum atomic E-state index is 7.58. The summed E-state index contributed by atoms with van der Waals surface area (Å²) >= 11 is 0. The van der Waals surface area contributed by atoms with Crippen LogP contribution in [0.25, 0.3) is 11.1 Å². The van der Waals surface area contributed by atoms with Gasteiger partial charge in [0.05, 0.1) is 27.3 Å². The monoisotopic (exact) mass is 756 g/mol. The van der Waals surface area contributed by atoms with Crippen LogP contribution in [0.15, 0.2) is 146 Å². The van der Waals surface area contributed by atoms with Crippen LogP contribution < -0.4 is 50.1 Å². The summed E-state index contributed by atoms with van der Waals surface area (Å²) in [7, 11) is -6.48. The van der Waals surface area contributed by atoms with E-state index in [1.54, 1.807) is 0 Å². The van der Waals surface area contributed by atoms with Crippen molar-refractivity contribution in [3.05, 3.63) is 146 Å². The van der Waals surface area contributed by atoms with E-state index in [-0.39, 0.29) is 0 Å². The lowest BCUT2D eigenvalue weighted by molar-refractivity contribution is 0.214. The number of ether oxygens (including phenoxy) is 2. The molecule has 1 aliphatic rings. The number of benzene rings is 6. The molecule has 0 radical (unpaired) electrons. The van der Waals surface area contributed by atoms with Crippen LogP contribution in [0.2, 0.25) is 39.3 Å². The third kappa shape index (κ3) is 7.77. The van der Waals surface area contributed by atoms with Crippen molar-refractivity contribution in [2.75, 3.05) is 13.2 Å². The van der Waals surface area contributed by atoms with Crippen LogP contribution in [0.1, 0.15) is 0 Å². The SMILES string of the molecule is C[Si](C)(C)c1ccc2c(c1OP(c1ccccc1)c1ccccc1)-c1c(ccc([Si](C)(C)C)c1OP(c1ccccc1)c1ccccc1)OCCO2. The second kappa shape index (κ2) is 15.4. The number of rotatable bonds is 10. The van der Waals surface area contributed by atoms with Gasteiger partial charge in [0.1, 0.15) is 36.2 Å². The Morgan fingerprint density at radius 3 is 0.962 bits per heavy atom. The molecular formula is C44H46O4P2Si2. The van der Waals surface area contributed by atoms with Crippen LogP contribution in [0.4, 0.5) is 0 Å². The van der Waals surface area contributed by atoms with Crippen molar-refractivity contribution in [1.29, 1.82) is 0 Å². The molecule has 0 atom stereocenters. The van der Waals surface area contributed by atoms with Crippen LogP contribution in [0, 0.1) is 0 Å². The summed E-state index contributed by atoms with van der Waals surface area (Å²) in [5, 5.41) is 7.06. The minimum atomic E-state index is -2.00. The second-order valence-electron chi connectivity index (χ2n) is 14.9. The summed E-state index contributed by atoms with van der Waals surface area (Å²) < 4.78 is 28.4. The molecule has 6 aromatic carbocycles. The molecule has 264 valence electrons. The Hall–Kier alpha value is -4.19. The lowest BCUT2D eigenvalue weighted by Gasteiger charge is -2.33. The van der Waals surface area contributed by atoms with Gasteiger partial charge in [0.2, 0.25) is 0 Å². The van der Waals surface area contributed by atoms with Crippen molar-refractivity contribution < 1.29 is 18.5 Å². The topological polar surface area (TPSA) is 36.9 Å². The van der Waals surface area contributed by atoms with Gasteiger partial charge in [0, 0.05) is 21.2 Å². The molecule has 6 aromatic rings. The average molecular weight is 757 g/mol. The van der Waals surface area contributed by atoms with Crippen LogP contribution in [-0.4, -0.2) is 29.4 Å². The van der Waals surface area contributed by atoms with E-state index in [4.69, 9.17) is 18.5 Å². The first kappa shape index (κ1) is 36.2. The summed E-state index contributed by atoms with van der Waals surface area (Å²) in [6.45, 7) is 15.2. The van der Waals surface area contributed by atoms with Crippen LogP contribution >= 0.6 is 16.3 Å². The first-order valence-corrected chi connectivity index (χ1v) is 27.4. The van der Waals surface area contributed by atoms with Crippen molar-refractivity contribution in [2.24, 2.45) is 0 Å². The molecule has 8 heteroatoms. The molecular weight excluding hydrogens is 711 g/mol. The molecule has 0 aromatic heterocycles. The zero-order valence-corrected chi connectivity index (χ0v) is 34.6. The Morgan fingerprint density at radius 2 is 0.692 bits per heavy atom. The fraction of sp³-hybridized carbons (Fsp3) is 0.182. The van der Waals surface area contributed by atoms with Crippen molar-refractivity contribution in [3.63, 3.8) is 0 Å². The fourth-order valence-electron chi connectivity index (χ4n) is 6.46. The molecule has 1 heterocycles. The van der Waals surface area contributed by atoms with Gasteiger partial charge in [-0.15, -0.1) is 0 Å². The smallest absolute Gasteiger partial charge is 0.150 e. The molecule has 52 heavy (non-hydrogen) atoms. The molecule has 0 unspecified atom stereocenters. The minimum absolute atomic E-state index is 0.428. The van der Waals surface area contributed by atoms with E-state index in [0.717, 1.165) is 55.3 Å². The van der Waals surface area contributed by atoms with Crippen LogP contribution in [0.3, 0.4) is 0 Å². The van der Waals surface area contributed by atoms with Crippen molar-refractivity contribution in [1.82, 2.24) is 0 Å². The molecule has 0 bridgehead atoms. The average Bonchev–Trinajstić information content (AvgIpc) is 3.14. The number of hydrogen-bond acceptors (Lipinski definition) is 4. The van der Waals surface area contributed by atoms with E-state index < -0.39 is 32.4 Å². The summed E-state index contributed by atoms with van der Waals surface area (Å²) in [4.78, 5) is 0. The van der Waals surface area contributed by atoms with Gasteiger partial charge in [-0.1, -0.05) is 173 Å². The van der Waals surface area contributed by atoms with E-state index in [1.807, 2.05) is 0 Å². The summed E-state index contributed by atoms with van der Waals surface area (Å²) in [5.74, 6) is 3.31. The summed E-state index contributed by atoms with van der Waals surface area (Å²) in [6, 6.07) is 51.3. The normalized spacial score (nSPS) is 12.9. The highest BCUT2D eigenvalue weighted by atomic mass is 31.1. The Kier molecular flexibility index (Phi) is 10.7. The van der Waals surface area contributed by atoms with E-state index in [1.165, 1.54) is 10.4 Å². The van der Waals surface area contributed by atoms with Gasteiger partial charge in [0.25, 0.3) is 0 Å². The van der Waals surface area contributed by atoms with E-state index in [0.29, 0.717) is 13.2 Å². The first-order chi connectivity index (χ1) is 25.1. The standard InChI is InChI=1S/C44H46O4P2Si2/c1-51(2,3)39-29-27-37-41(43(39)47-49(33-19-11-7-12-20-33)34-21-13-8-14-22-34)42-38(46-32-31-45-37)28-30-40(52(4,5)6)44(42)48-50(35-23-15-9-16-24-35)36-25-17-10-18-26-36/h7-30H,31-32H2,1-6H3. The van der Waals surface area contributed by atoms with Crippen molar-refractivity contribution in [2.45, 2.75) is 39.3 Å². The Morgan fingerprint density at radius 1 is 0.404 bits per heavy atom. The maximum Gasteiger partial charge on any atom is 0.150 e. The molecule has 0 saturated heterocycles. The fourth-order valence-corrected chi connectivity index (χ4v) is 13.0. The predicted molar refractivity (Wildman–Crippen MR) is 228 cm³/mol. The van der Waals surface area contributed by atoms with Crippen LogP contribution in [0.5, 0.6) is 23.0 Å². The predicted octanol–water partition coefficient (Wildman–Crippen LogP) is 9.07. The molecule has 7 rings (SSSR count). The van der Waals surface area contributed by atoms with Gasteiger partial charge in [-0.25, -0.2) is 0 Å². The highest BCUT2D eigenvalue weighted by Gasteiger charge is 2.36. The molecule has 4 nitrogen and oxygen atoms in total. The molecule has 0 fully saturated rings. The van der Waals surface area contributed by atoms with Gasteiger partial charge in [-0.3, -0.25) is 0 Å². The molecule has 0 N–H and O–H groups in total. The molecule has 1 aliphatic heterocycles. The zero-order chi connectivity index (χ0) is 36.3. The summed E-state index contributed by atoms with van der Waals surface area (Å²) in [6.07, 6.45) is 0. The second-order valence-corrected chi connectivity index (χ2v) is 28.6. The van der Waals surface area contributed by atoms with E-state index in [2.05, 4.69) is 185 Å². The first-order valence-electron chi connectivity index (χ1n) is 17.9. The molecule has 0 aliphatic carbocycles. The molecule has 0 amide bonds. The zero-order valence-electron chi connectivity index (χ0n) is 30.8. The number of hydrogen-bond donors (Lipinski definition) is 0. The highest BCUT2D eigenvalue weighted by molar-refractivity contribution is 7.69. The Labute approximate surface area is 313 Å². The quantitative estimate of drug-likeness (QED) is 0.103. The Balaban J connectivity index is 1.54. The third-order valence-corrected chi connectivity index (χ3v) is 16.8. The third-order valence-electron chi connectivity index (χ3n) is 9.03. The maximum absolute atomic E-state index is 7.58. The van der Waals surface area contributed by atoms with Gasteiger partial charge >= 0.3 is 0 Å². The van der Waals surface area contributed by atoms with Crippen molar-refractivity contribution in [3.8, 4) is 34.1 Å². The minimum Gasteiger partial charge on any atom is -0.489 e. The van der Waals surface area contributed by atoms with Gasteiger partial charge in [0.15, 0.2) is 16.3 Å². The highest BCUT2D eigenvalue weighted by Crippen LogP contribution is 2.53. The largest absolute Gasteiger partial charge is 0.489 e. The van der Waals surface area contributed by atoms with Crippen molar-refractivity contribution >= 4 is 64.0 Å². The lowest BCUT2D eigenvalue weighted by atomic mass is 10.0. The summed E-state index contributed by atoms with van der Waals surface area (Å²) in [5.41, 5.74) is 1.83. The Bertz CT molecular complexity index is 1880. The number of fused-ring (bicyclic) bond motifs is 3. The van der Waals surface area contributed by atoms with Gasteiger partial charge in [-0.05, 0) is 22.5 Å². The molecule has 0 saturated carbocycles. The van der Waals surface area contributed by atoms with Gasteiger partial charge < -0.3 is 18.5 Å². The molecule has 0 spiro atoms. The van der Waals surface area contributed by atoms with Gasteiger partial charge in [-0.2, -0.15) is 0 Å². The van der Waals surface area contributed by atoms with Crippen LogP contribution in [-0.2, 0) is 0 Å².